The molecule has 0 saturated carbocycles. The molecule has 1 aliphatic rings. The van der Waals surface area contributed by atoms with Crippen LogP contribution >= 0.6 is 0 Å². The lowest BCUT2D eigenvalue weighted by molar-refractivity contribution is -0.141. The van der Waals surface area contributed by atoms with E-state index >= 15 is 0 Å². The molecule has 1 saturated heterocycles. The molecule has 1 aliphatic heterocycles. The molecule has 0 unspecified atom stereocenters. The second kappa shape index (κ2) is 6.33. The lowest BCUT2D eigenvalue weighted by Gasteiger charge is -2.33. The maximum Gasteiger partial charge on any atom is 0.435 e. The molecule has 0 atom stereocenters. The normalized spacial score (nSPS) is 17.0. The highest BCUT2D eigenvalue weighted by Crippen LogP contribution is 2.27. The lowest BCUT2D eigenvalue weighted by atomic mass is 10.3. The van der Waals surface area contributed by atoms with Gasteiger partial charge in [0.2, 0.25) is 0 Å². The van der Waals surface area contributed by atoms with Gasteiger partial charge in [0.25, 0.3) is 0 Å². The molecule has 0 bridgehead atoms. The van der Waals surface area contributed by atoms with Gasteiger partial charge in [-0.1, -0.05) is 0 Å². The van der Waals surface area contributed by atoms with Crippen molar-refractivity contribution >= 4 is 6.09 Å². The van der Waals surface area contributed by atoms with Gasteiger partial charge in [-0.05, 0) is 13.0 Å². The average Bonchev–Trinajstić information content (AvgIpc) is 2.88. The van der Waals surface area contributed by atoms with Crippen molar-refractivity contribution in [2.45, 2.75) is 19.8 Å². The summed E-state index contributed by atoms with van der Waals surface area (Å²) in [6, 6.07) is 0.953. The van der Waals surface area contributed by atoms with Crippen molar-refractivity contribution in [3.05, 3.63) is 18.0 Å². The van der Waals surface area contributed by atoms with Gasteiger partial charge in [-0.25, -0.2) is 4.79 Å². The van der Waals surface area contributed by atoms with E-state index in [1.165, 1.54) is 10.9 Å². The van der Waals surface area contributed by atoms with Gasteiger partial charge in [-0.15, -0.1) is 0 Å². The molecule has 0 N–H and O–H groups in total. The summed E-state index contributed by atoms with van der Waals surface area (Å²) in [6.07, 6.45) is -3.47. The number of aromatic nitrogens is 2. The summed E-state index contributed by atoms with van der Waals surface area (Å²) >= 11 is 0. The van der Waals surface area contributed by atoms with E-state index in [0.717, 1.165) is 6.07 Å². The number of piperazine rings is 1. The standard InChI is InChI=1S/C12H17F3N4O2/c1-2-21-11(20)18-7-5-17(6-8-18)9-19-4-3-10(16-19)12(13,14)15/h3-4H,2,5-9H2,1H3. The van der Waals surface area contributed by atoms with Crippen LogP contribution in [-0.2, 0) is 17.6 Å². The number of halogens is 3. The topological polar surface area (TPSA) is 50.6 Å². The number of rotatable bonds is 3. The summed E-state index contributed by atoms with van der Waals surface area (Å²) in [7, 11) is 0. The number of amides is 1. The Morgan fingerprint density at radius 2 is 2.00 bits per heavy atom. The molecule has 21 heavy (non-hydrogen) atoms. The highest BCUT2D eigenvalue weighted by atomic mass is 19.4. The van der Waals surface area contributed by atoms with Gasteiger partial charge in [-0.3, -0.25) is 9.58 Å². The Labute approximate surface area is 120 Å². The zero-order valence-corrected chi connectivity index (χ0v) is 11.6. The maximum absolute atomic E-state index is 12.4. The van der Waals surface area contributed by atoms with Crippen LogP contribution in [0.3, 0.4) is 0 Å². The first-order chi connectivity index (χ1) is 9.90. The molecule has 118 valence electrons. The van der Waals surface area contributed by atoms with E-state index in [4.69, 9.17) is 4.74 Å². The van der Waals surface area contributed by atoms with Crippen LogP contribution in [-0.4, -0.2) is 58.5 Å². The SMILES string of the molecule is CCOC(=O)N1CCN(Cn2ccc(C(F)(F)F)n2)CC1. The molecule has 2 rings (SSSR count). The molecule has 9 heteroatoms. The molecule has 0 aromatic carbocycles. The van der Waals surface area contributed by atoms with E-state index < -0.39 is 11.9 Å². The van der Waals surface area contributed by atoms with Crippen molar-refractivity contribution in [2.75, 3.05) is 32.8 Å². The third-order valence-corrected chi connectivity index (χ3v) is 3.17. The van der Waals surface area contributed by atoms with Gasteiger partial charge in [0.15, 0.2) is 5.69 Å². The van der Waals surface area contributed by atoms with Crippen LogP contribution in [0.15, 0.2) is 12.3 Å². The summed E-state index contributed by atoms with van der Waals surface area (Å²) in [4.78, 5) is 15.0. The van der Waals surface area contributed by atoms with E-state index in [2.05, 4.69) is 5.10 Å². The van der Waals surface area contributed by atoms with Gasteiger partial charge >= 0.3 is 12.3 Å². The predicted molar refractivity (Wildman–Crippen MR) is 67.4 cm³/mol. The van der Waals surface area contributed by atoms with Gasteiger partial charge in [0.1, 0.15) is 0 Å². The molecule has 1 amide bonds. The minimum atomic E-state index is -4.42. The zero-order chi connectivity index (χ0) is 15.5. The molecule has 0 radical (unpaired) electrons. The van der Waals surface area contributed by atoms with Crippen LogP contribution in [0.2, 0.25) is 0 Å². The monoisotopic (exact) mass is 306 g/mol. The average molecular weight is 306 g/mol. The first-order valence-corrected chi connectivity index (χ1v) is 6.65. The fourth-order valence-corrected chi connectivity index (χ4v) is 2.08. The van der Waals surface area contributed by atoms with Crippen molar-refractivity contribution in [3.8, 4) is 0 Å². The minimum Gasteiger partial charge on any atom is -0.450 e. The molecular formula is C12H17F3N4O2. The Hall–Kier alpha value is -1.77. The smallest absolute Gasteiger partial charge is 0.435 e. The first kappa shape index (κ1) is 15.6. The van der Waals surface area contributed by atoms with E-state index in [1.54, 1.807) is 11.8 Å². The molecule has 0 aliphatic carbocycles. The fourth-order valence-electron chi connectivity index (χ4n) is 2.08. The Bertz CT molecular complexity index is 481. The number of alkyl halides is 3. The molecule has 0 spiro atoms. The number of carbonyl (C=O) groups is 1. The van der Waals surface area contributed by atoms with Gasteiger partial charge in [0, 0.05) is 32.4 Å². The van der Waals surface area contributed by atoms with Crippen LogP contribution < -0.4 is 0 Å². The van der Waals surface area contributed by atoms with Gasteiger partial charge in [-0.2, -0.15) is 18.3 Å². The number of hydrogen-bond donors (Lipinski definition) is 0. The van der Waals surface area contributed by atoms with E-state index in [0.29, 0.717) is 32.8 Å². The van der Waals surface area contributed by atoms with Crippen LogP contribution in [0.4, 0.5) is 18.0 Å². The fraction of sp³-hybridized carbons (Fsp3) is 0.667. The maximum atomic E-state index is 12.4. The van der Waals surface area contributed by atoms with Crippen LogP contribution in [0.1, 0.15) is 12.6 Å². The van der Waals surface area contributed by atoms with Crippen LogP contribution in [0.25, 0.3) is 0 Å². The number of hydrogen-bond acceptors (Lipinski definition) is 4. The second-order valence-corrected chi connectivity index (χ2v) is 4.68. The third-order valence-electron chi connectivity index (χ3n) is 3.17. The highest BCUT2D eigenvalue weighted by molar-refractivity contribution is 5.67. The molecular weight excluding hydrogens is 289 g/mol. The van der Waals surface area contributed by atoms with E-state index in [1.807, 2.05) is 4.90 Å². The predicted octanol–water partition coefficient (Wildman–Crippen LogP) is 1.63. The minimum absolute atomic E-state index is 0.271. The summed E-state index contributed by atoms with van der Waals surface area (Å²) in [5, 5.41) is 3.50. The first-order valence-electron chi connectivity index (χ1n) is 6.65. The molecule has 6 nitrogen and oxygen atoms in total. The summed E-state index contributed by atoms with van der Waals surface area (Å²) in [5.41, 5.74) is -0.896. The van der Waals surface area contributed by atoms with Crippen molar-refractivity contribution in [2.24, 2.45) is 0 Å². The summed E-state index contributed by atoms with van der Waals surface area (Å²) < 4.78 is 43.5. The molecule has 1 aromatic heterocycles. The quantitative estimate of drug-likeness (QED) is 0.852. The second-order valence-electron chi connectivity index (χ2n) is 4.68. The summed E-state index contributed by atoms with van der Waals surface area (Å²) in [5.74, 6) is 0. The Kier molecular flexibility index (Phi) is 4.71. The van der Waals surface area contributed by atoms with Crippen molar-refractivity contribution in [1.29, 1.82) is 0 Å². The number of carbonyl (C=O) groups excluding carboxylic acids is 1. The van der Waals surface area contributed by atoms with Crippen molar-refractivity contribution in [1.82, 2.24) is 19.6 Å². The number of ether oxygens (including phenoxy) is 1. The van der Waals surface area contributed by atoms with Gasteiger partial charge < -0.3 is 9.64 Å². The van der Waals surface area contributed by atoms with E-state index in [-0.39, 0.29) is 12.8 Å². The molecule has 2 heterocycles. The Morgan fingerprint density at radius 3 is 2.52 bits per heavy atom. The van der Waals surface area contributed by atoms with Crippen molar-refractivity contribution < 1.29 is 22.7 Å². The number of nitrogens with zero attached hydrogens (tertiary/aromatic N) is 4. The lowest BCUT2D eigenvalue weighted by Crippen LogP contribution is -2.49. The highest BCUT2D eigenvalue weighted by Gasteiger charge is 2.33. The largest absolute Gasteiger partial charge is 0.450 e. The molecule has 1 fully saturated rings. The van der Waals surface area contributed by atoms with Gasteiger partial charge in [0.05, 0.1) is 13.3 Å². The Morgan fingerprint density at radius 1 is 1.33 bits per heavy atom. The summed E-state index contributed by atoms with van der Waals surface area (Å²) in [6.45, 7) is 4.46. The van der Waals surface area contributed by atoms with Crippen LogP contribution in [0.5, 0.6) is 0 Å². The Balaban J connectivity index is 1.83. The van der Waals surface area contributed by atoms with Crippen molar-refractivity contribution in [3.63, 3.8) is 0 Å². The van der Waals surface area contributed by atoms with Crippen LogP contribution in [0, 0.1) is 0 Å². The van der Waals surface area contributed by atoms with E-state index in [9.17, 15) is 18.0 Å². The third kappa shape index (κ3) is 4.10. The molecule has 1 aromatic rings. The zero-order valence-electron chi connectivity index (χ0n) is 11.6.